The summed E-state index contributed by atoms with van der Waals surface area (Å²) >= 11 is 0. The maximum atomic E-state index is 9.95. The van der Waals surface area contributed by atoms with Crippen LogP contribution < -0.4 is 5.32 Å². The van der Waals surface area contributed by atoms with Crippen LogP contribution in [0.5, 0.6) is 0 Å². The van der Waals surface area contributed by atoms with E-state index in [9.17, 15) is 4.79 Å². The zero-order valence-corrected chi connectivity index (χ0v) is 10.2. The summed E-state index contributed by atoms with van der Waals surface area (Å²) in [6, 6.07) is 0. The lowest BCUT2D eigenvalue weighted by Crippen LogP contribution is -2.17. The molecule has 94 valence electrons. The molecule has 3 heteroatoms. The normalized spacial score (nSPS) is 17.2. The lowest BCUT2D eigenvalue weighted by Gasteiger charge is -2.21. The zero-order chi connectivity index (χ0) is 11.5. The number of nitrogens with one attached hydrogen (secondary N) is 1. The van der Waals surface area contributed by atoms with Gasteiger partial charge in [-0.3, -0.25) is 4.79 Å². The van der Waals surface area contributed by atoms with E-state index >= 15 is 0 Å². The Morgan fingerprint density at radius 1 is 1.12 bits per heavy atom. The van der Waals surface area contributed by atoms with Crippen molar-refractivity contribution in [1.29, 1.82) is 0 Å². The van der Waals surface area contributed by atoms with Gasteiger partial charge in [-0.25, -0.2) is 0 Å². The molecule has 16 heavy (non-hydrogen) atoms. The minimum absolute atomic E-state index is 0.631. The van der Waals surface area contributed by atoms with Crippen LogP contribution in [0.15, 0.2) is 0 Å². The van der Waals surface area contributed by atoms with Crippen molar-refractivity contribution >= 4 is 6.41 Å². The van der Waals surface area contributed by atoms with Crippen LogP contribution >= 0.6 is 0 Å². The van der Waals surface area contributed by atoms with E-state index in [1.165, 1.54) is 44.9 Å². The highest BCUT2D eigenvalue weighted by atomic mass is 16.5. The number of carbonyl (C=O) groups is 1. The highest BCUT2D eigenvalue weighted by Gasteiger charge is 2.12. The third-order valence-corrected chi connectivity index (χ3v) is 3.35. The molecule has 0 aliphatic heterocycles. The second kappa shape index (κ2) is 9.64. The van der Waals surface area contributed by atoms with Crippen LogP contribution in [0.1, 0.15) is 51.4 Å². The Labute approximate surface area is 98.9 Å². The largest absolute Gasteiger partial charge is 0.380 e. The minimum Gasteiger partial charge on any atom is -0.380 e. The summed E-state index contributed by atoms with van der Waals surface area (Å²) in [4.78, 5) is 9.95. The molecule has 0 heterocycles. The van der Waals surface area contributed by atoms with Gasteiger partial charge in [0.15, 0.2) is 0 Å². The molecule has 1 amide bonds. The molecule has 1 aliphatic carbocycles. The van der Waals surface area contributed by atoms with Crippen LogP contribution in [0.2, 0.25) is 0 Å². The number of rotatable bonds is 9. The SMILES string of the molecule is O=CNCCOCCCCC1CCCCC1. The molecule has 0 aromatic carbocycles. The molecule has 0 atom stereocenters. The van der Waals surface area contributed by atoms with Gasteiger partial charge in [-0.1, -0.05) is 44.9 Å². The van der Waals surface area contributed by atoms with Gasteiger partial charge in [0.1, 0.15) is 0 Å². The zero-order valence-electron chi connectivity index (χ0n) is 10.2. The van der Waals surface area contributed by atoms with Crippen molar-refractivity contribution in [2.24, 2.45) is 5.92 Å². The fourth-order valence-electron chi connectivity index (χ4n) is 2.41. The maximum absolute atomic E-state index is 9.95. The van der Waals surface area contributed by atoms with Gasteiger partial charge in [0.25, 0.3) is 0 Å². The number of carbonyl (C=O) groups excluding carboxylic acids is 1. The Morgan fingerprint density at radius 3 is 2.69 bits per heavy atom. The smallest absolute Gasteiger partial charge is 0.207 e. The fourth-order valence-corrected chi connectivity index (χ4v) is 2.41. The molecule has 1 aliphatic rings. The number of hydrogen-bond donors (Lipinski definition) is 1. The monoisotopic (exact) mass is 227 g/mol. The summed E-state index contributed by atoms with van der Waals surface area (Å²) in [5, 5.41) is 2.59. The molecule has 1 N–H and O–H groups in total. The maximum Gasteiger partial charge on any atom is 0.207 e. The fraction of sp³-hybridized carbons (Fsp3) is 0.923. The third-order valence-electron chi connectivity index (χ3n) is 3.35. The average Bonchev–Trinajstić information content (AvgIpc) is 2.34. The Hall–Kier alpha value is -0.570. The van der Waals surface area contributed by atoms with Gasteiger partial charge in [-0.15, -0.1) is 0 Å². The topological polar surface area (TPSA) is 38.3 Å². The van der Waals surface area contributed by atoms with Gasteiger partial charge in [0, 0.05) is 13.2 Å². The lowest BCUT2D eigenvalue weighted by atomic mass is 9.86. The van der Waals surface area contributed by atoms with Crippen molar-refractivity contribution in [1.82, 2.24) is 5.32 Å². The molecule has 0 unspecified atom stereocenters. The number of unbranched alkanes of at least 4 members (excludes halogenated alkanes) is 1. The molecule has 0 aromatic heterocycles. The summed E-state index contributed by atoms with van der Waals surface area (Å²) in [6.07, 6.45) is 11.8. The molecule has 0 aromatic rings. The molecule has 0 saturated heterocycles. The van der Waals surface area contributed by atoms with E-state index in [1.807, 2.05) is 0 Å². The Kier molecular flexibility index (Phi) is 8.13. The van der Waals surface area contributed by atoms with Crippen molar-refractivity contribution in [2.75, 3.05) is 19.8 Å². The van der Waals surface area contributed by atoms with Crippen LogP contribution in [-0.2, 0) is 9.53 Å². The van der Waals surface area contributed by atoms with Crippen molar-refractivity contribution in [2.45, 2.75) is 51.4 Å². The Balaban J connectivity index is 1.78. The van der Waals surface area contributed by atoms with E-state index in [0.29, 0.717) is 19.6 Å². The van der Waals surface area contributed by atoms with E-state index in [-0.39, 0.29) is 0 Å². The highest BCUT2D eigenvalue weighted by molar-refractivity contribution is 5.45. The average molecular weight is 227 g/mol. The summed E-state index contributed by atoms with van der Waals surface area (Å²) in [5.74, 6) is 0.991. The standard InChI is InChI=1S/C13H25NO2/c15-12-14-9-11-16-10-5-4-8-13-6-2-1-3-7-13/h12-13H,1-11H2,(H,14,15). The number of hydrogen-bond acceptors (Lipinski definition) is 2. The first-order valence-electron chi connectivity index (χ1n) is 6.68. The molecule has 0 radical (unpaired) electrons. The first-order valence-corrected chi connectivity index (χ1v) is 6.68. The van der Waals surface area contributed by atoms with Crippen molar-refractivity contribution in [3.05, 3.63) is 0 Å². The summed E-state index contributed by atoms with van der Waals surface area (Å²) in [6.45, 7) is 2.11. The predicted molar refractivity (Wildman–Crippen MR) is 65.3 cm³/mol. The molecule has 3 nitrogen and oxygen atoms in total. The lowest BCUT2D eigenvalue weighted by molar-refractivity contribution is -0.109. The first-order chi connectivity index (χ1) is 7.93. The van der Waals surface area contributed by atoms with Crippen molar-refractivity contribution in [3.8, 4) is 0 Å². The summed E-state index contributed by atoms with van der Waals surface area (Å²) in [5.41, 5.74) is 0. The molecule has 0 bridgehead atoms. The molecular weight excluding hydrogens is 202 g/mol. The van der Waals surface area contributed by atoms with E-state index in [4.69, 9.17) is 4.74 Å². The van der Waals surface area contributed by atoms with Crippen LogP contribution in [0.25, 0.3) is 0 Å². The summed E-state index contributed by atoms with van der Waals surface area (Å²) < 4.78 is 5.40. The van der Waals surface area contributed by atoms with Gasteiger partial charge in [0.05, 0.1) is 6.61 Å². The van der Waals surface area contributed by atoms with E-state index in [2.05, 4.69) is 5.32 Å². The van der Waals surface area contributed by atoms with Gasteiger partial charge in [-0.05, 0) is 12.3 Å². The molecular formula is C13H25NO2. The second-order valence-electron chi connectivity index (χ2n) is 4.68. The van der Waals surface area contributed by atoms with Gasteiger partial charge >= 0.3 is 0 Å². The Bertz CT molecular complexity index is 167. The van der Waals surface area contributed by atoms with Gasteiger partial charge in [0.2, 0.25) is 6.41 Å². The highest BCUT2D eigenvalue weighted by Crippen LogP contribution is 2.27. The van der Waals surface area contributed by atoms with Crippen LogP contribution in [0.4, 0.5) is 0 Å². The van der Waals surface area contributed by atoms with Crippen molar-refractivity contribution < 1.29 is 9.53 Å². The number of ether oxygens (including phenoxy) is 1. The first kappa shape index (κ1) is 13.5. The van der Waals surface area contributed by atoms with Crippen LogP contribution in [0.3, 0.4) is 0 Å². The van der Waals surface area contributed by atoms with Crippen LogP contribution in [-0.4, -0.2) is 26.2 Å². The van der Waals surface area contributed by atoms with Crippen LogP contribution in [0, 0.1) is 5.92 Å². The van der Waals surface area contributed by atoms with Gasteiger partial charge in [-0.2, -0.15) is 0 Å². The van der Waals surface area contributed by atoms with Crippen molar-refractivity contribution in [3.63, 3.8) is 0 Å². The summed E-state index contributed by atoms with van der Waals surface area (Å²) in [7, 11) is 0. The molecule has 1 fully saturated rings. The van der Waals surface area contributed by atoms with E-state index < -0.39 is 0 Å². The van der Waals surface area contributed by atoms with Gasteiger partial charge < -0.3 is 10.1 Å². The van der Waals surface area contributed by atoms with E-state index in [0.717, 1.165) is 18.9 Å². The number of amides is 1. The second-order valence-corrected chi connectivity index (χ2v) is 4.68. The van der Waals surface area contributed by atoms with E-state index in [1.54, 1.807) is 0 Å². The molecule has 1 saturated carbocycles. The third kappa shape index (κ3) is 6.83. The molecule has 1 rings (SSSR count). The predicted octanol–water partition coefficient (Wildman–Crippen LogP) is 2.50. The quantitative estimate of drug-likeness (QED) is 0.485. The molecule has 0 spiro atoms. The Morgan fingerprint density at radius 2 is 1.94 bits per heavy atom. The minimum atomic E-state index is 0.631.